The highest BCUT2D eigenvalue weighted by molar-refractivity contribution is 7.17. The van der Waals surface area contributed by atoms with Gasteiger partial charge < -0.3 is 19.1 Å². The molecule has 2 aromatic carbocycles. The Morgan fingerprint density at radius 1 is 1.28 bits per heavy atom. The van der Waals surface area contributed by atoms with E-state index in [9.17, 15) is 4.79 Å². The second-order valence-electron chi connectivity index (χ2n) is 12.3. The number of carbonyl (C=O) groups is 1. The third-order valence-electron chi connectivity index (χ3n) is 6.98. The minimum absolute atomic E-state index is 0.0408. The van der Waals surface area contributed by atoms with Crippen LogP contribution in [0.2, 0.25) is 5.02 Å². The fourth-order valence-electron chi connectivity index (χ4n) is 4.92. The molecule has 3 aromatic rings. The molecule has 1 amide bonds. The van der Waals surface area contributed by atoms with E-state index in [-0.39, 0.29) is 25.0 Å². The van der Waals surface area contributed by atoms with Crippen molar-refractivity contribution in [3.63, 3.8) is 0 Å². The van der Waals surface area contributed by atoms with Gasteiger partial charge in [0.15, 0.2) is 11.6 Å². The zero-order valence-corrected chi connectivity index (χ0v) is 27.6. The van der Waals surface area contributed by atoms with Crippen LogP contribution < -0.4 is 9.64 Å². The molecule has 1 aromatic heterocycles. The zero-order valence-electron chi connectivity index (χ0n) is 26.0. The first-order valence-corrected chi connectivity index (χ1v) is 15.4. The van der Waals surface area contributed by atoms with Gasteiger partial charge in [-0.25, -0.2) is 9.18 Å². The van der Waals surface area contributed by atoms with E-state index in [1.807, 2.05) is 31.2 Å². The third-order valence-corrected chi connectivity index (χ3v) is 8.29. The lowest BCUT2D eigenvalue weighted by Crippen LogP contribution is -2.51. The lowest BCUT2D eigenvalue weighted by Gasteiger charge is -2.35. The molecule has 0 N–H and O–H groups in total. The predicted octanol–water partition coefficient (Wildman–Crippen LogP) is 8.12. The van der Waals surface area contributed by atoms with E-state index in [4.69, 9.17) is 25.8 Å². The number of aryl methyl sites for hydroxylation is 1. The van der Waals surface area contributed by atoms with Gasteiger partial charge in [-0.2, -0.15) is 0 Å². The van der Waals surface area contributed by atoms with Crippen LogP contribution in [0, 0.1) is 12.7 Å². The molecule has 0 aliphatic carbocycles. The Bertz CT molecular complexity index is 1490. The lowest BCUT2D eigenvalue weighted by molar-refractivity contribution is -0.0637. The van der Waals surface area contributed by atoms with Crippen LogP contribution >= 0.6 is 22.9 Å². The van der Waals surface area contributed by atoms with E-state index >= 15 is 4.39 Å². The van der Waals surface area contributed by atoms with Crippen molar-refractivity contribution < 1.29 is 23.4 Å². The molecule has 1 fully saturated rings. The molecule has 0 saturated carbocycles. The van der Waals surface area contributed by atoms with Crippen LogP contribution in [0.15, 0.2) is 43.0 Å². The van der Waals surface area contributed by atoms with Gasteiger partial charge in [0.1, 0.15) is 27.9 Å². The summed E-state index contributed by atoms with van der Waals surface area (Å²) in [6, 6.07) is 8.65. The van der Waals surface area contributed by atoms with Crippen LogP contribution in [-0.4, -0.2) is 64.4 Å². The largest absolute Gasteiger partial charge is 0.488 e. The highest BCUT2D eigenvalue weighted by atomic mass is 35.5. The summed E-state index contributed by atoms with van der Waals surface area (Å²) in [5.41, 5.74) is 1.59. The summed E-state index contributed by atoms with van der Waals surface area (Å²) < 4.78 is 32.6. The average molecular weight is 631 g/mol. The second kappa shape index (κ2) is 12.8. The molecular formula is C32H40ClFN4O4S. The molecule has 0 bridgehead atoms. The molecule has 43 heavy (non-hydrogen) atoms. The van der Waals surface area contributed by atoms with Gasteiger partial charge in [-0.15, -0.1) is 16.8 Å². The van der Waals surface area contributed by atoms with Crippen molar-refractivity contribution in [2.75, 3.05) is 24.7 Å². The van der Waals surface area contributed by atoms with E-state index in [1.165, 1.54) is 22.3 Å². The van der Waals surface area contributed by atoms with Crippen molar-refractivity contribution in [2.24, 2.45) is 0 Å². The van der Waals surface area contributed by atoms with E-state index in [0.29, 0.717) is 27.1 Å². The molecule has 4 rings (SSSR count). The van der Waals surface area contributed by atoms with E-state index in [2.05, 4.69) is 35.5 Å². The molecule has 11 heteroatoms. The van der Waals surface area contributed by atoms with Gasteiger partial charge in [0, 0.05) is 23.7 Å². The Balaban J connectivity index is 1.50. The summed E-state index contributed by atoms with van der Waals surface area (Å²) in [6.45, 7) is 19.9. The number of carbonyl (C=O) groups excluding carboxylic acids is 1. The Labute approximate surface area is 262 Å². The first-order valence-electron chi connectivity index (χ1n) is 14.2. The van der Waals surface area contributed by atoms with E-state index in [0.717, 1.165) is 16.8 Å². The number of ether oxygens (including phenoxy) is 3. The second-order valence-corrected chi connectivity index (χ2v) is 13.7. The Hall–Kier alpha value is -3.21. The van der Waals surface area contributed by atoms with Gasteiger partial charge in [-0.05, 0) is 91.3 Å². The predicted molar refractivity (Wildman–Crippen MR) is 171 cm³/mol. The van der Waals surface area contributed by atoms with Gasteiger partial charge in [-0.1, -0.05) is 29.0 Å². The Morgan fingerprint density at radius 3 is 2.60 bits per heavy atom. The van der Waals surface area contributed by atoms with Crippen LogP contribution in [0.5, 0.6) is 5.75 Å². The smallest absolute Gasteiger partial charge is 0.413 e. The zero-order chi connectivity index (χ0) is 31.7. The molecule has 2 heterocycles. The van der Waals surface area contributed by atoms with Gasteiger partial charge >= 0.3 is 6.09 Å². The number of halogens is 2. The van der Waals surface area contributed by atoms with Crippen molar-refractivity contribution in [1.29, 1.82) is 0 Å². The summed E-state index contributed by atoms with van der Waals surface area (Å²) in [6.07, 6.45) is 1.34. The first kappa shape index (κ1) is 32.7. The quantitative estimate of drug-likeness (QED) is 0.221. The molecule has 1 atom stereocenters. The van der Waals surface area contributed by atoms with Crippen molar-refractivity contribution in [3.8, 4) is 26.9 Å². The molecule has 1 saturated heterocycles. The molecule has 1 unspecified atom stereocenters. The SMILES string of the molecule is C=CCN(c1ccc(-c2nnc(-c3cc(F)c(OCC4COC(C)(C)N4C(=O)OC(C)(C)C)cc3C)s2)cc1Cl)C(C)C. The molecule has 0 radical (unpaired) electrons. The van der Waals surface area contributed by atoms with Gasteiger partial charge in [0.25, 0.3) is 0 Å². The van der Waals surface area contributed by atoms with Gasteiger partial charge in [0.05, 0.1) is 23.4 Å². The van der Waals surface area contributed by atoms with Crippen LogP contribution in [0.1, 0.15) is 54.0 Å². The number of aromatic nitrogens is 2. The topological polar surface area (TPSA) is 77.0 Å². The van der Waals surface area contributed by atoms with Crippen LogP contribution in [0.3, 0.4) is 0 Å². The minimum atomic E-state index is -0.881. The molecule has 8 nitrogen and oxygen atoms in total. The number of hydrogen-bond donors (Lipinski definition) is 0. The Morgan fingerprint density at radius 2 is 1.98 bits per heavy atom. The number of anilines is 1. The summed E-state index contributed by atoms with van der Waals surface area (Å²) in [5, 5.41) is 10.6. The number of nitrogens with zero attached hydrogens (tertiary/aromatic N) is 4. The van der Waals surface area contributed by atoms with Crippen LogP contribution in [0.4, 0.5) is 14.9 Å². The summed E-state index contributed by atoms with van der Waals surface area (Å²) >= 11 is 8.02. The molecule has 1 aliphatic heterocycles. The number of amides is 1. The Kier molecular flexibility index (Phi) is 9.73. The lowest BCUT2D eigenvalue weighted by atomic mass is 10.1. The highest BCUT2D eigenvalue weighted by Crippen LogP contribution is 2.38. The standard InChI is InChI=1S/C32H40ClFN4O4S/c1-10-13-37(19(2)3)26-12-11-21(15-24(26)33)28-35-36-29(43-28)23-16-25(34)27(14-20(23)4)40-17-22-18-41-32(8,9)38(22)30(39)42-31(5,6)7/h10-12,14-16,19,22H,1,13,17-18H2,2-9H3. The monoisotopic (exact) mass is 630 g/mol. The molecule has 1 aliphatic rings. The fraction of sp³-hybridized carbons (Fsp3) is 0.469. The van der Waals surface area contributed by atoms with Crippen LogP contribution in [0.25, 0.3) is 21.1 Å². The van der Waals surface area contributed by atoms with Crippen molar-refractivity contribution in [2.45, 2.75) is 78.8 Å². The van der Waals surface area contributed by atoms with Crippen LogP contribution in [-0.2, 0) is 9.47 Å². The number of rotatable bonds is 9. The van der Waals surface area contributed by atoms with E-state index in [1.54, 1.807) is 40.7 Å². The maximum absolute atomic E-state index is 15.3. The van der Waals surface area contributed by atoms with Crippen molar-refractivity contribution in [1.82, 2.24) is 15.1 Å². The molecule has 232 valence electrons. The highest BCUT2D eigenvalue weighted by Gasteiger charge is 2.46. The maximum atomic E-state index is 15.3. The molecular weight excluding hydrogens is 591 g/mol. The minimum Gasteiger partial charge on any atom is -0.488 e. The summed E-state index contributed by atoms with van der Waals surface area (Å²) in [5.74, 6) is -0.459. The summed E-state index contributed by atoms with van der Waals surface area (Å²) in [7, 11) is 0. The normalized spacial score (nSPS) is 16.4. The summed E-state index contributed by atoms with van der Waals surface area (Å²) in [4.78, 5) is 16.6. The number of hydrogen-bond acceptors (Lipinski definition) is 8. The maximum Gasteiger partial charge on any atom is 0.413 e. The van der Waals surface area contributed by atoms with E-state index < -0.39 is 29.3 Å². The van der Waals surface area contributed by atoms with Crippen molar-refractivity contribution >= 4 is 34.7 Å². The fourth-order valence-corrected chi connectivity index (χ4v) is 6.13. The molecule has 0 spiro atoms. The average Bonchev–Trinajstić information content (AvgIpc) is 3.50. The van der Waals surface area contributed by atoms with Crippen molar-refractivity contribution in [3.05, 3.63) is 59.4 Å². The van der Waals surface area contributed by atoms with Gasteiger partial charge in [0.2, 0.25) is 0 Å². The van der Waals surface area contributed by atoms with Gasteiger partial charge in [-0.3, -0.25) is 4.90 Å². The third kappa shape index (κ3) is 7.48. The number of benzene rings is 2. The first-order chi connectivity index (χ1) is 20.1.